The zero-order valence-electron chi connectivity index (χ0n) is 15.5. The maximum atomic E-state index is 13.0. The van der Waals surface area contributed by atoms with Gasteiger partial charge in [0.25, 0.3) is 11.8 Å². The quantitative estimate of drug-likeness (QED) is 0.874. The summed E-state index contributed by atoms with van der Waals surface area (Å²) in [7, 11) is 0. The van der Waals surface area contributed by atoms with E-state index in [2.05, 4.69) is 12.1 Å². The Morgan fingerprint density at radius 2 is 1.85 bits per heavy atom. The van der Waals surface area contributed by atoms with Crippen LogP contribution in [0.5, 0.6) is 0 Å². The molecule has 4 rings (SSSR count). The number of hydrogen-bond acceptors (Lipinski definition) is 5. The molecule has 2 aliphatic heterocycles. The Balaban J connectivity index is 1.39. The summed E-state index contributed by atoms with van der Waals surface area (Å²) in [5.74, 6) is 0.109. The SMILES string of the molecule is Cc1c(C(=O)N2CCN(C(=O)[C@@H]3CC[C@H](CN)O3)CC2)sc2ccccc12. The molecular formula is C20H25N3O3S. The van der Waals surface area contributed by atoms with Crippen molar-refractivity contribution in [3.63, 3.8) is 0 Å². The van der Waals surface area contributed by atoms with E-state index in [1.54, 1.807) is 11.3 Å². The molecule has 7 heteroatoms. The van der Waals surface area contributed by atoms with E-state index in [0.29, 0.717) is 32.7 Å². The Labute approximate surface area is 162 Å². The number of benzene rings is 1. The second-order valence-electron chi connectivity index (χ2n) is 7.23. The first-order valence-electron chi connectivity index (χ1n) is 9.50. The lowest BCUT2D eigenvalue weighted by atomic mass is 10.1. The number of carbonyl (C=O) groups is 2. The number of piperazine rings is 1. The van der Waals surface area contributed by atoms with E-state index in [1.807, 2.05) is 28.9 Å². The lowest BCUT2D eigenvalue weighted by Gasteiger charge is -2.35. The summed E-state index contributed by atoms with van der Waals surface area (Å²) < 4.78 is 6.86. The predicted molar refractivity (Wildman–Crippen MR) is 106 cm³/mol. The predicted octanol–water partition coefficient (Wildman–Crippen LogP) is 2.00. The van der Waals surface area contributed by atoms with Gasteiger partial charge in [-0.2, -0.15) is 0 Å². The fourth-order valence-electron chi connectivity index (χ4n) is 3.92. The minimum atomic E-state index is -0.370. The molecule has 0 bridgehead atoms. The molecular weight excluding hydrogens is 362 g/mol. The number of amides is 2. The van der Waals surface area contributed by atoms with Crippen LogP contribution in [0.15, 0.2) is 24.3 Å². The molecule has 1 aromatic heterocycles. The van der Waals surface area contributed by atoms with Crippen LogP contribution in [-0.4, -0.2) is 66.5 Å². The smallest absolute Gasteiger partial charge is 0.264 e. The molecule has 27 heavy (non-hydrogen) atoms. The number of aryl methyl sites for hydroxylation is 1. The Hall–Kier alpha value is -1.96. The van der Waals surface area contributed by atoms with Crippen LogP contribution in [-0.2, 0) is 9.53 Å². The lowest BCUT2D eigenvalue weighted by molar-refractivity contribution is -0.144. The highest BCUT2D eigenvalue weighted by atomic mass is 32.1. The number of nitrogens with zero attached hydrogens (tertiary/aromatic N) is 2. The summed E-state index contributed by atoms with van der Waals surface area (Å²) in [6.45, 7) is 4.71. The average Bonchev–Trinajstić information content (AvgIpc) is 3.32. The molecule has 0 saturated carbocycles. The van der Waals surface area contributed by atoms with Gasteiger partial charge in [0.1, 0.15) is 6.10 Å². The summed E-state index contributed by atoms with van der Waals surface area (Å²) in [5, 5.41) is 1.15. The van der Waals surface area contributed by atoms with Crippen molar-refractivity contribution in [3.05, 3.63) is 34.7 Å². The zero-order chi connectivity index (χ0) is 19.0. The minimum absolute atomic E-state index is 0.00208. The van der Waals surface area contributed by atoms with Crippen molar-refractivity contribution in [2.45, 2.75) is 32.0 Å². The van der Waals surface area contributed by atoms with E-state index in [-0.39, 0.29) is 24.0 Å². The van der Waals surface area contributed by atoms with Crippen LogP contribution in [0.4, 0.5) is 0 Å². The lowest BCUT2D eigenvalue weighted by Crippen LogP contribution is -2.53. The summed E-state index contributed by atoms with van der Waals surface area (Å²) in [5.41, 5.74) is 6.68. The number of nitrogens with two attached hydrogens (primary N) is 1. The van der Waals surface area contributed by atoms with Gasteiger partial charge in [-0.15, -0.1) is 11.3 Å². The number of thiophene rings is 1. The molecule has 144 valence electrons. The van der Waals surface area contributed by atoms with E-state index in [9.17, 15) is 9.59 Å². The standard InChI is InChI=1S/C20H25N3O3S/c1-13-15-4-2-3-5-17(15)27-18(13)20(25)23-10-8-22(9-11-23)19(24)16-7-6-14(12-21)26-16/h2-5,14,16H,6-12,21H2,1H3/t14-,16+/m1/s1. The van der Waals surface area contributed by atoms with Crippen LogP contribution in [0.3, 0.4) is 0 Å². The maximum Gasteiger partial charge on any atom is 0.264 e. The van der Waals surface area contributed by atoms with Gasteiger partial charge < -0.3 is 20.3 Å². The highest BCUT2D eigenvalue weighted by Crippen LogP contribution is 2.31. The summed E-state index contributed by atoms with van der Waals surface area (Å²) in [6, 6.07) is 8.11. The van der Waals surface area contributed by atoms with Crippen molar-refractivity contribution < 1.29 is 14.3 Å². The van der Waals surface area contributed by atoms with Crippen molar-refractivity contribution in [2.24, 2.45) is 5.73 Å². The number of fused-ring (bicyclic) bond motifs is 1. The first-order valence-corrected chi connectivity index (χ1v) is 10.3. The van der Waals surface area contributed by atoms with Gasteiger partial charge in [-0.1, -0.05) is 18.2 Å². The molecule has 2 atom stereocenters. The van der Waals surface area contributed by atoms with Crippen LogP contribution in [0.25, 0.3) is 10.1 Å². The summed E-state index contributed by atoms with van der Waals surface area (Å²) >= 11 is 1.55. The minimum Gasteiger partial charge on any atom is -0.364 e. The van der Waals surface area contributed by atoms with Gasteiger partial charge in [0, 0.05) is 37.4 Å². The van der Waals surface area contributed by atoms with Crippen molar-refractivity contribution in [2.75, 3.05) is 32.7 Å². The van der Waals surface area contributed by atoms with Gasteiger partial charge in [0.15, 0.2) is 0 Å². The molecule has 2 saturated heterocycles. The molecule has 0 radical (unpaired) electrons. The first kappa shape index (κ1) is 18.4. The van der Waals surface area contributed by atoms with E-state index in [4.69, 9.17) is 10.5 Å². The molecule has 2 aliphatic rings. The molecule has 1 aromatic carbocycles. The molecule has 2 aromatic rings. The molecule has 0 aliphatic carbocycles. The molecule has 3 heterocycles. The zero-order valence-corrected chi connectivity index (χ0v) is 16.3. The fraction of sp³-hybridized carbons (Fsp3) is 0.500. The van der Waals surface area contributed by atoms with Gasteiger partial charge in [-0.05, 0) is 36.8 Å². The molecule has 2 fully saturated rings. The second-order valence-corrected chi connectivity index (χ2v) is 8.28. The second kappa shape index (κ2) is 7.58. The van der Waals surface area contributed by atoms with Crippen LogP contribution in [0.2, 0.25) is 0 Å². The fourth-order valence-corrected chi connectivity index (χ4v) is 5.09. The Bertz CT molecular complexity index is 857. The van der Waals surface area contributed by atoms with E-state index in [1.165, 1.54) is 0 Å². The molecule has 6 nitrogen and oxygen atoms in total. The van der Waals surface area contributed by atoms with Crippen LogP contribution in [0.1, 0.15) is 28.1 Å². The van der Waals surface area contributed by atoms with Gasteiger partial charge >= 0.3 is 0 Å². The Kier molecular flexibility index (Phi) is 5.16. The number of carbonyl (C=O) groups excluding carboxylic acids is 2. The summed E-state index contributed by atoms with van der Waals surface area (Å²) in [4.78, 5) is 30.1. The monoisotopic (exact) mass is 387 g/mol. The normalized spacial score (nSPS) is 23.2. The van der Waals surface area contributed by atoms with Crippen molar-refractivity contribution >= 4 is 33.2 Å². The van der Waals surface area contributed by atoms with Gasteiger partial charge in [0.2, 0.25) is 0 Å². The van der Waals surface area contributed by atoms with E-state index in [0.717, 1.165) is 33.4 Å². The largest absolute Gasteiger partial charge is 0.364 e. The topological polar surface area (TPSA) is 75.9 Å². The van der Waals surface area contributed by atoms with Crippen molar-refractivity contribution in [1.82, 2.24) is 9.80 Å². The molecule has 2 N–H and O–H groups in total. The third kappa shape index (κ3) is 3.47. The Morgan fingerprint density at radius 3 is 2.52 bits per heavy atom. The Morgan fingerprint density at radius 1 is 1.15 bits per heavy atom. The van der Waals surface area contributed by atoms with E-state index < -0.39 is 0 Å². The maximum absolute atomic E-state index is 13.0. The average molecular weight is 388 g/mol. The van der Waals surface area contributed by atoms with Gasteiger partial charge in [0.05, 0.1) is 11.0 Å². The molecule has 2 amide bonds. The van der Waals surface area contributed by atoms with Gasteiger partial charge in [-0.3, -0.25) is 9.59 Å². The van der Waals surface area contributed by atoms with Crippen molar-refractivity contribution in [1.29, 1.82) is 0 Å². The number of ether oxygens (including phenoxy) is 1. The van der Waals surface area contributed by atoms with Crippen LogP contribution >= 0.6 is 11.3 Å². The number of hydrogen-bond donors (Lipinski definition) is 1. The first-order chi connectivity index (χ1) is 13.1. The molecule has 0 unspecified atom stereocenters. The van der Waals surface area contributed by atoms with Crippen LogP contribution in [0, 0.1) is 6.92 Å². The highest BCUT2D eigenvalue weighted by molar-refractivity contribution is 7.21. The third-order valence-electron chi connectivity index (χ3n) is 5.56. The van der Waals surface area contributed by atoms with E-state index >= 15 is 0 Å². The number of rotatable bonds is 3. The van der Waals surface area contributed by atoms with Crippen LogP contribution < -0.4 is 5.73 Å². The summed E-state index contributed by atoms with van der Waals surface area (Å²) in [6.07, 6.45) is 1.21. The molecule has 0 spiro atoms. The van der Waals surface area contributed by atoms with Gasteiger partial charge in [-0.25, -0.2) is 0 Å². The highest BCUT2D eigenvalue weighted by Gasteiger charge is 2.35. The third-order valence-corrected chi connectivity index (χ3v) is 6.82. The van der Waals surface area contributed by atoms with Crippen molar-refractivity contribution in [3.8, 4) is 0 Å².